The maximum absolute atomic E-state index is 4.66. The van der Waals surface area contributed by atoms with Gasteiger partial charge in [-0.3, -0.25) is 0 Å². The predicted octanol–water partition coefficient (Wildman–Crippen LogP) is 3.06. The fourth-order valence-corrected chi connectivity index (χ4v) is 2.40. The van der Waals surface area contributed by atoms with Crippen molar-refractivity contribution in [2.75, 3.05) is 0 Å². The Kier molecular flexibility index (Phi) is 2.27. The summed E-state index contributed by atoms with van der Waals surface area (Å²) >= 11 is 0. The maximum atomic E-state index is 4.66. The van der Waals surface area contributed by atoms with E-state index in [2.05, 4.69) is 42.0 Å². The van der Waals surface area contributed by atoms with Gasteiger partial charge in [-0.15, -0.1) is 0 Å². The summed E-state index contributed by atoms with van der Waals surface area (Å²) in [6.07, 6.45) is 8.22. The lowest BCUT2D eigenvalue weighted by Gasteiger charge is -2.22. The molecule has 86 valence electrons. The van der Waals surface area contributed by atoms with Gasteiger partial charge in [-0.25, -0.2) is 4.52 Å². The molecule has 0 saturated heterocycles. The van der Waals surface area contributed by atoms with Crippen LogP contribution >= 0.6 is 0 Å². The summed E-state index contributed by atoms with van der Waals surface area (Å²) in [4.78, 5) is 0. The van der Waals surface area contributed by atoms with Gasteiger partial charge < -0.3 is 4.57 Å². The van der Waals surface area contributed by atoms with Crippen LogP contribution in [0.5, 0.6) is 0 Å². The van der Waals surface area contributed by atoms with E-state index in [0.29, 0.717) is 5.92 Å². The second kappa shape index (κ2) is 3.65. The zero-order chi connectivity index (χ0) is 11.1. The van der Waals surface area contributed by atoms with E-state index < -0.39 is 0 Å². The van der Waals surface area contributed by atoms with Crippen LogP contribution in [0.4, 0.5) is 0 Å². The van der Waals surface area contributed by atoms with Gasteiger partial charge in [0.1, 0.15) is 5.65 Å². The van der Waals surface area contributed by atoms with Crippen LogP contribution in [0.3, 0.4) is 0 Å². The Hall–Kier alpha value is -1.25. The van der Waals surface area contributed by atoms with Crippen molar-refractivity contribution in [1.82, 2.24) is 14.2 Å². The van der Waals surface area contributed by atoms with Gasteiger partial charge in [0, 0.05) is 30.9 Å². The first kappa shape index (κ1) is 9.94. The van der Waals surface area contributed by atoms with E-state index in [1.807, 2.05) is 4.52 Å². The van der Waals surface area contributed by atoms with Crippen LogP contribution in [0.25, 0.3) is 5.65 Å². The molecule has 0 aromatic carbocycles. The quantitative estimate of drug-likeness (QED) is 0.774. The van der Waals surface area contributed by atoms with Gasteiger partial charge in [-0.2, -0.15) is 5.10 Å². The Morgan fingerprint density at radius 1 is 1.38 bits per heavy atom. The van der Waals surface area contributed by atoms with Gasteiger partial charge in [0.2, 0.25) is 0 Å². The van der Waals surface area contributed by atoms with Crippen LogP contribution in [0.1, 0.15) is 44.7 Å². The van der Waals surface area contributed by atoms with Crippen molar-refractivity contribution in [3.63, 3.8) is 0 Å². The number of nitrogens with zero attached hydrogens (tertiary/aromatic N) is 3. The molecule has 0 amide bonds. The lowest BCUT2D eigenvalue weighted by Crippen LogP contribution is -2.09. The largest absolute Gasteiger partial charge is 0.331 e. The average molecular weight is 217 g/mol. The van der Waals surface area contributed by atoms with Gasteiger partial charge >= 0.3 is 0 Å². The Balaban J connectivity index is 1.94. The van der Waals surface area contributed by atoms with Gasteiger partial charge in [0.05, 0.1) is 5.69 Å². The van der Waals surface area contributed by atoms with Gasteiger partial charge in [0.25, 0.3) is 0 Å². The first-order chi connectivity index (χ1) is 7.74. The molecule has 1 aliphatic rings. The fraction of sp³-hybridized carbons (Fsp3) is 0.615. The molecule has 2 aromatic heterocycles. The standard InChI is InChI=1S/C13H19N3/c1-10(2)9-15-6-7-16-13(15)8-12(14-16)11-4-3-5-11/h6-8,10-11H,3-5,9H2,1-2H3. The monoisotopic (exact) mass is 217 g/mol. The maximum Gasteiger partial charge on any atom is 0.136 e. The summed E-state index contributed by atoms with van der Waals surface area (Å²) in [5.74, 6) is 1.41. The topological polar surface area (TPSA) is 22.2 Å². The molecule has 2 heterocycles. The summed E-state index contributed by atoms with van der Waals surface area (Å²) in [7, 11) is 0. The second-order valence-corrected chi connectivity index (χ2v) is 5.34. The van der Waals surface area contributed by atoms with E-state index in [4.69, 9.17) is 0 Å². The minimum atomic E-state index is 0.679. The first-order valence-electron chi connectivity index (χ1n) is 6.28. The zero-order valence-electron chi connectivity index (χ0n) is 10.1. The summed E-state index contributed by atoms with van der Waals surface area (Å²) in [6, 6.07) is 2.27. The third kappa shape index (κ3) is 1.55. The van der Waals surface area contributed by atoms with Crippen LogP contribution in [-0.4, -0.2) is 14.2 Å². The molecule has 0 radical (unpaired) electrons. The van der Waals surface area contributed by atoms with Crippen LogP contribution < -0.4 is 0 Å². The van der Waals surface area contributed by atoms with Crippen molar-refractivity contribution in [3.8, 4) is 0 Å². The lowest BCUT2D eigenvalue weighted by molar-refractivity contribution is 0.409. The summed E-state index contributed by atoms with van der Waals surface area (Å²) < 4.78 is 4.33. The number of hydrogen-bond donors (Lipinski definition) is 0. The molecule has 1 fully saturated rings. The number of hydrogen-bond acceptors (Lipinski definition) is 1. The van der Waals surface area contributed by atoms with Crippen molar-refractivity contribution in [2.24, 2.45) is 5.92 Å². The van der Waals surface area contributed by atoms with E-state index in [1.54, 1.807) is 0 Å². The van der Waals surface area contributed by atoms with Crippen LogP contribution in [0, 0.1) is 5.92 Å². The minimum absolute atomic E-state index is 0.679. The third-order valence-corrected chi connectivity index (χ3v) is 3.50. The Morgan fingerprint density at radius 2 is 2.19 bits per heavy atom. The highest BCUT2D eigenvalue weighted by Gasteiger charge is 2.22. The second-order valence-electron chi connectivity index (χ2n) is 5.34. The van der Waals surface area contributed by atoms with Gasteiger partial charge in [-0.05, 0) is 18.8 Å². The molecule has 0 spiro atoms. The molecule has 0 N–H and O–H groups in total. The molecule has 1 aliphatic carbocycles. The Morgan fingerprint density at radius 3 is 2.81 bits per heavy atom. The molecule has 3 nitrogen and oxygen atoms in total. The van der Waals surface area contributed by atoms with E-state index in [-0.39, 0.29) is 0 Å². The van der Waals surface area contributed by atoms with Crippen LogP contribution in [0.2, 0.25) is 0 Å². The van der Waals surface area contributed by atoms with E-state index in [9.17, 15) is 0 Å². The molecular formula is C13H19N3. The fourth-order valence-electron chi connectivity index (χ4n) is 2.40. The highest BCUT2D eigenvalue weighted by molar-refractivity contribution is 5.42. The highest BCUT2D eigenvalue weighted by Crippen LogP contribution is 2.35. The van der Waals surface area contributed by atoms with Crippen molar-refractivity contribution in [3.05, 3.63) is 24.2 Å². The van der Waals surface area contributed by atoms with E-state index >= 15 is 0 Å². The molecule has 0 bridgehead atoms. The molecule has 1 saturated carbocycles. The molecule has 0 atom stereocenters. The molecular weight excluding hydrogens is 198 g/mol. The SMILES string of the molecule is CC(C)Cn1ccn2nc(C3CCC3)cc12. The van der Waals surface area contributed by atoms with Crippen LogP contribution in [-0.2, 0) is 6.54 Å². The number of rotatable bonds is 3. The van der Waals surface area contributed by atoms with E-state index in [0.717, 1.165) is 12.5 Å². The third-order valence-electron chi connectivity index (χ3n) is 3.50. The van der Waals surface area contributed by atoms with Crippen molar-refractivity contribution < 1.29 is 0 Å². The Bertz CT molecular complexity index is 488. The summed E-state index contributed by atoms with van der Waals surface area (Å²) in [5, 5.41) is 4.66. The summed E-state index contributed by atoms with van der Waals surface area (Å²) in [6.45, 7) is 5.58. The number of imidazole rings is 1. The van der Waals surface area contributed by atoms with Gasteiger partial charge in [0.15, 0.2) is 0 Å². The number of fused-ring (bicyclic) bond motifs is 1. The van der Waals surface area contributed by atoms with Gasteiger partial charge in [-0.1, -0.05) is 20.3 Å². The molecule has 3 heteroatoms. The molecule has 16 heavy (non-hydrogen) atoms. The van der Waals surface area contributed by atoms with Crippen LogP contribution in [0.15, 0.2) is 18.5 Å². The lowest BCUT2D eigenvalue weighted by atomic mass is 9.83. The smallest absolute Gasteiger partial charge is 0.136 e. The Labute approximate surface area is 96.1 Å². The van der Waals surface area contributed by atoms with E-state index in [1.165, 1.54) is 30.6 Å². The molecule has 0 aliphatic heterocycles. The predicted molar refractivity (Wildman–Crippen MR) is 64.6 cm³/mol. The van der Waals surface area contributed by atoms with Crippen molar-refractivity contribution >= 4 is 5.65 Å². The zero-order valence-corrected chi connectivity index (χ0v) is 10.1. The summed E-state index contributed by atoms with van der Waals surface area (Å²) in [5.41, 5.74) is 2.54. The van der Waals surface area contributed by atoms with Crippen molar-refractivity contribution in [1.29, 1.82) is 0 Å². The van der Waals surface area contributed by atoms with Crippen molar-refractivity contribution in [2.45, 2.75) is 45.6 Å². The molecule has 0 unspecified atom stereocenters. The minimum Gasteiger partial charge on any atom is -0.331 e. The average Bonchev–Trinajstić information content (AvgIpc) is 2.64. The first-order valence-corrected chi connectivity index (χ1v) is 6.28. The highest BCUT2D eigenvalue weighted by atomic mass is 15.3. The molecule has 2 aromatic rings. The molecule has 3 rings (SSSR count). The number of aromatic nitrogens is 3. The normalized spacial score (nSPS) is 17.2.